The number of amides is 1. The number of carbonyl (C=O) groups is 1. The molecule has 7 heteroatoms. The maximum atomic E-state index is 12.7. The van der Waals surface area contributed by atoms with Crippen molar-refractivity contribution < 1.29 is 13.2 Å². The van der Waals surface area contributed by atoms with Crippen molar-refractivity contribution in [3.63, 3.8) is 0 Å². The molecule has 1 saturated heterocycles. The standard InChI is InChI=1S/C17H24N2O3S.ClH/c1-23(21,22)17(7-9-18-10-8-17)16(20)19-15-12-14(15)11-13-5-3-2-4-6-13;/h2-6,14-15,18H,7-12H2,1H3,(H,19,20);1H. The zero-order valence-electron chi connectivity index (χ0n) is 13.8. The van der Waals surface area contributed by atoms with Crippen LogP contribution >= 0.6 is 12.4 Å². The second-order valence-electron chi connectivity index (χ2n) is 6.78. The van der Waals surface area contributed by atoms with Crippen molar-refractivity contribution in [1.29, 1.82) is 0 Å². The van der Waals surface area contributed by atoms with E-state index >= 15 is 0 Å². The maximum Gasteiger partial charge on any atom is 0.241 e. The van der Waals surface area contributed by atoms with Crippen LogP contribution in [0, 0.1) is 5.92 Å². The van der Waals surface area contributed by atoms with E-state index in [1.54, 1.807) is 0 Å². The van der Waals surface area contributed by atoms with Gasteiger partial charge in [0.1, 0.15) is 0 Å². The molecular formula is C17H25ClN2O3S. The molecule has 1 saturated carbocycles. The zero-order chi connectivity index (χ0) is 16.5. The van der Waals surface area contributed by atoms with Gasteiger partial charge in [-0.25, -0.2) is 8.42 Å². The molecule has 2 unspecified atom stereocenters. The lowest BCUT2D eigenvalue weighted by Gasteiger charge is -2.34. The van der Waals surface area contributed by atoms with Gasteiger partial charge in [0, 0.05) is 12.3 Å². The molecule has 2 atom stereocenters. The minimum atomic E-state index is -3.43. The minimum absolute atomic E-state index is 0. The molecule has 24 heavy (non-hydrogen) atoms. The van der Waals surface area contributed by atoms with Gasteiger partial charge >= 0.3 is 0 Å². The number of sulfone groups is 1. The molecule has 3 rings (SSSR count). The number of nitrogens with one attached hydrogen (secondary N) is 2. The van der Waals surface area contributed by atoms with Crippen molar-refractivity contribution in [2.24, 2.45) is 5.92 Å². The molecule has 1 aliphatic carbocycles. The largest absolute Gasteiger partial charge is 0.352 e. The normalized spacial score (nSPS) is 25.4. The number of carbonyl (C=O) groups excluding carboxylic acids is 1. The first-order valence-corrected chi connectivity index (χ1v) is 10.1. The van der Waals surface area contributed by atoms with E-state index in [-0.39, 0.29) is 24.4 Å². The second kappa shape index (κ2) is 7.42. The van der Waals surface area contributed by atoms with Gasteiger partial charge in [-0.15, -0.1) is 12.4 Å². The van der Waals surface area contributed by atoms with E-state index in [1.165, 1.54) is 11.8 Å². The molecule has 2 fully saturated rings. The van der Waals surface area contributed by atoms with Crippen LogP contribution in [0.4, 0.5) is 0 Å². The van der Waals surface area contributed by atoms with Gasteiger partial charge in [0.05, 0.1) is 0 Å². The van der Waals surface area contributed by atoms with Crippen LogP contribution in [0.2, 0.25) is 0 Å². The Morgan fingerprint density at radius 3 is 2.46 bits per heavy atom. The van der Waals surface area contributed by atoms with Crippen LogP contribution in [0.15, 0.2) is 30.3 Å². The Hall–Kier alpha value is -1.11. The van der Waals surface area contributed by atoms with Crippen molar-refractivity contribution >= 4 is 28.2 Å². The Bertz CT molecular complexity index is 672. The number of halogens is 1. The maximum absolute atomic E-state index is 12.7. The van der Waals surface area contributed by atoms with Gasteiger partial charge in [0.25, 0.3) is 0 Å². The van der Waals surface area contributed by atoms with Crippen molar-refractivity contribution in [3.05, 3.63) is 35.9 Å². The average molecular weight is 373 g/mol. The molecule has 0 bridgehead atoms. The van der Waals surface area contributed by atoms with Crippen molar-refractivity contribution in [2.45, 2.75) is 36.5 Å². The highest BCUT2D eigenvalue weighted by atomic mass is 35.5. The lowest BCUT2D eigenvalue weighted by atomic mass is 9.95. The molecule has 2 aliphatic rings. The van der Waals surface area contributed by atoms with Gasteiger partial charge in [-0.1, -0.05) is 30.3 Å². The van der Waals surface area contributed by atoms with E-state index in [2.05, 4.69) is 22.8 Å². The molecule has 5 nitrogen and oxygen atoms in total. The Morgan fingerprint density at radius 1 is 1.25 bits per heavy atom. The van der Waals surface area contributed by atoms with E-state index in [9.17, 15) is 13.2 Å². The van der Waals surface area contributed by atoms with Gasteiger partial charge < -0.3 is 10.6 Å². The van der Waals surface area contributed by atoms with Crippen LogP contribution in [-0.2, 0) is 21.1 Å². The first-order chi connectivity index (χ1) is 10.9. The van der Waals surface area contributed by atoms with E-state index in [0.717, 1.165) is 12.8 Å². The highest BCUT2D eigenvalue weighted by Crippen LogP contribution is 2.36. The molecule has 1 amide bonds. The van der Waals surface area contributed by atoms with E-state index in [1.807, 2.05) is 18.2 Å². The van der Waals surface area contributed by atoms with Crippen LogP contribution in [0.1, 0.15) is 24.8 Å². The first-order valence-electron chi connectivity index (χ1n) is 8.18. The fourth-order valence-electron chi connectivity index (χ4n) is 3.46. The Labute approximate surface area is 149 Å². The summed E-state index contributed by atoms with van der Waals surface area (Å²) in [4.78, 5) is 12.7. The number of hydrogen-bond donors (Lipinski definition) is 2. The third kappa shape index (κ3) is 3.92. The van der Waals surface area contributed by atoms with E-state index in [4.69, 9.17) is 0 Å². The van der Waals surface area contributed by atoms with Crippen LogP contribution in [0.5, 0.6) is 0 Å². The summed E-state index contributed by atoms with van der Waals surface area (Å²) in [5, 5.41) is 6.13. The van der Waals surface area contributed by atoms with Gasteiger partial charge in [-0.05, 0) is 50.3 Å². The topological polar surface area (TPSA) is 75.3 Å². The molecule has 1 aromatic rings. The summed E-state index contributed by atoms with van der Waals surface area (Å²) in [6.07, 6.45) is 3.76. The van der Waals surface area contributed by atoms with Crippen LogP contribution in [0.25, 0.3) is 0 Å². The van der Waals surface area contributed by atoms with Crippen molar-refractivity contribution in [1.82, 2.24) is 10.6 Å². The molecule has 2 N–H and O–H groups in total. The third-order valence-corrected chi connectivity index (χ3v) is 7.13. The van der Waals surface area contributed by atoms with Crippen LogP contribution in [0.3, 0.4) is 0 Å². The van der Waals surface area contributed by atoms with E-state index in [0.29, 0.717) is 31.8 Å². The van der Waals surface area contributed by atoms with E-state index < -0.39 is 14.6 Å². The molecular weight excluding hydrogens is 348 g/mol. The van der Waals surface area contributed by atoms with Gasteiger partial charge in [-0.2, -0.15) is 0 Å². The average Bonchev–Trinajstić information content (AvgIpc) is 3.25. The molecule has 1 heterocycles. The Morgan fingerprint density at radius 2 is 1.88 bits per heavy atom. The molecule has 0 radical (unpaired) electrons. The Kier molecular flexibility index (Phi) is 5.94. The third-order valence-electron chi connectivity index (χ3n) is 5.11. The molecule has 1 aliphatic heterocycles. The molecule has 134 valence electrons. The zero-order valence-corrected chi connectivity index (χ0v) is 15.5. The quantitative estimate of drug-likeness (QED) is 0.817. The fourth-order valence-corrected chi connectivity index (χ4v) is 4.80. The molecule has 0 spiro atoms. The number of rotatable bonds is 5. The molecule has 1 aromatic carbocycles. The predicted octanol–water partition coefficient (Wildman–Crippen LogP) is 1.32. The Balaban J connectivity index is 0.00000208. The highest BCUT2D eigenvalue weighted by Gasteiger charge is 2.51. The predicted molar refractivity (Wildman–Crippen MR) is 97.1 cm³/mol. The van der Waals surface area contributed by atoms with Gasteiger partial charge in [0.2, 0.25) is 5.91 Å². The summed E-state index contributed by atoms with van der Waals surface area (Å²) in [5.41, 5.74) is 1.26. The van der Waals surface area contributed by atoms with Crippen LogP contribution in [-0.4, -0.2) is 44.5 Å². The van der Waals surface area contributed by atoms with Crippen molar-refractivity contribution in [3.8, 4) is 0 Å². The first kappa shape index (κ1) is 19.2. The summed E-state index contributed by atoms with van der Waals surface area (Å²) >= 11 is 0. The highest BCUT2D eigenvalue weighted by molar-refractivity contribution is 7.92. The number of piperidine rings is 1. The number of benzene rings is 1. The minimum Gasteiger partial charge on any atom is -0.352 e. The summed E-state index contributed by atoms with van der Waals surface area (Å²) in [7, 11) is -3.43. The summed E-state index contributed by atoms with van der Waals surface area (Å²) in [5.74, 6) is 0.113. The van der Waals surface area contributed by atoms with Gasteiger partial charge in [0.15, 0.2) is 14.6 Å². The smallest absolute Gasteiger partial charge is 0.241 e. The lowest BCUT2D eigenvalue weighted by molar-refractivity contribution is -0.124. The van der Waals surface area contributed by atoms with Crippen LogP contribution < -0.4 is 10.6 Å². The van der Waals surface area contributed by atoms with Crippen molar-refractivity contribution in [2.75, 3.05) is 19.3 Å². The van der Waals surface area contributed by atoms with Gasteiger partial charge in [-0.3, -0.25) is 4.79 Å². The lowest BCUT2D eigenvalue weighted by Crippen LogP contribution is -2.57. The fraction of sp³-hybridized carbons (Fsp3) is 0.588. The monoisotopic (exact) mass is 372 g/mol. The summed E-state index contributed by atoms with van der Waals surface area (Å²) in [6, 6.07) is 10.3. The molecule has 0 aromatic heterocycles. The summed E-state index contributed by atoms with van der Waals surface area (Å²) < 4.78 is 23.2. The second-order valence-corrected chi connectivity index (χ2v) is 9.11. The SMILES string of the molecule is CS(=O)(=O)C1(C(=O)NC2CC2Cc2ccccc2)CCNCC1.Cl. The summed E-state index contributed by atoms with van der Waals surface area (Å²) in [6.45, 7) is 1.14. The number of hydrogen-bond acceptors (Lipinski definition) is 4.